The van der Waals surface area contributed by atoms with Gasteiger partial charge in [-0.05, 0) is 128 Å². The van der Waals surface area contributed by atoms with Gasteiger partial charge in [0.25, 0.3) is 0 Å². The smallest absolute Gasteiger partial charge is 0.159 e. The van der Waals surface area contributed by atoms with Crippen LogP contribution >= 0.6 is 0 Å². The molecule has 1 aliphatic rings. The number of rotatable bonds is 12. The largest absolute Gasteiger partial charge is 0.453 e. The van der Waals surface area contributed by atoms with E-state index < -0.39 is 5.41 Å². The molecule has 0 fully saturated rings. The van der Waals surface area contributed by atoms with Gasteiger partial charge in [0.2, 0.25) is 0 Å². The van der Waals surface area contributed by atoms with E-state index >= 15 is 0 Å². The topological polar surface area (TPSA) is 32.8 Å². The van der Waals surface area contributed by atoms with Gasteiger partial charge in [0, 0.05) is 55.1 Å². The van der Waals surface area contributed by atoms with E-state index in [0.717, 1.165) is 107 Å². The van der Waals surface area contributed by atoms with E-state index in [1.807, 2.05) is 0 Å². The van der Waals surface area contributed by atoms with Crippen molar-refractivity contribution in [1.29, 1.82) is 0 Å². The molecule has 0 saturated heterocycles. The van der Waals surface area contributed by atoms with Gasteiger partial charge in [-0.2, -0.15) is 0 Å². The summed E-state index contributed by atoms with van der Waals surface area (Å²) in [5, 5.41) is 6.63. The Labute approximate surface area is 494 Å². The van der Waals surface area contributed by atoms with E-state index in [1.54, 1.807) is 0 Å². The van der Waals surface area contributed by atoms with E-state index in [2.05, 4.69) is 315 Å². The first kappa shape index (κ1) is 50.1. The third-order valence-corrected chi connectivity index (χ3v) is 17.9. The fourth-order valence-electron chi connectivity index (χ4n) is 14.2. The van der Waals surface area contributed by atoms with Crippen molar-refractivity contribution in [2.75, 3.05) is 9.80 Å². The second-order valence-electron chi connectivity index (χ2n) is 22.3. The van der Waals surface area contributed by atoms with Crippen molar-refractivity contribution < 1.29 is 8.83 Å². The molecule has 0 amide bonds. The molecule has 0 aliphatic heterocycles. The Bertz CT molecular complexity index is 5000. The third kappa shape index (κ3) is 7.75. The SMILES string of the molecule is CCc1ccccc1-c1cccc2c1oc1c(N(c3ccccc3)c3ccc4c(c3)C(c3ccccc3)(c3ccccc3)c3cc(N(c5ccccc5)c5cccc6c5oc5c(-c7ccccc7CC)cccc56)c5ccccc5c3-4)cccc12. The summed E-state index contributed by atoms with van der Waals surface area (Å²) in [6.07, 6.45) is 1.84. The Hall–Kier alpha value is -10.7. The van der Waals surface area contributed by atoms with Gasteiger partial charge < -0.3 is 18.6 Å². The molecule has 0 radical (unpaired) electrons. The summed E-state index contributed by atoms with van der Waals surface area (Å²) in [5.41, 5.74) is 23.0. The molecule has 0 saturated carbocycles. The average Bonchev–Trinajstić information content (AvgIpc) is 3.01. The minimum Gasteiger partial charge on any atom is -0.453 e. The zero-order valence-electron chi connectivity index (χ0n) is 47.3. The number of hydrogen-bond acceptors (Lipinski definition) is 4. The lowest BCUT2D eigenvalue weighted by molar-refractivity contribution is 0.669. The molecule has 4 heteroatoms. The highest BCUT2D eigenvalue weighted by Crippen LogP contribution is 2.61. The van der Waals surface area contributed by atoms with Crippen LogP contribution in [0.3, 0.4) is 0 Å². The minimum absolute atomic E-state index is 0.799. The predicted octanol–water partition coefficient (Wildman–Crippen LogP) is 22.4. The van der Waals surface area contributed by atoms with Crippen LogP contribution in [0, 0.1) is 0 Å². The maximum absolute atomic E-state index is 7.36. The second kappa shape index (κ2) is 20.3. The predicted molar refractivity (Wildman–Crippen MR) is 355 cm³/mol. The fraction of sp³-hybridized carbons (Fsp3) is 0.0617. The van der Waals surface area contributed by atoms with Crippen LogP contribution in [-0.4, -0.2) is 0 Å². The Morgan fingerprint density at radius 3 is 1.22 bits per heavy atom. The maximum Gasteiger partial charge on any atom is 0.159 e. The van der Waals surface area contributed by atoms with Crippen LogP contribution in [-0.2, 0) is 18.3 Å². The maximum atomic E-state index is 7.36. The highest BCUT2D eigenvalue weighted by atomic mass is 16.3. The number of benzene rings is 13. The van der Waals surface area contributed by atoms with Crippen LogP contribution in [0.2, 0.25) is 0 Å². The number of hydrogen-bond donors (Lipinski definition) is 0. The molecule has 15 aromatic rings. The molecule has 0 unspecified atom stereocenters. The minimum atomic E-state index is -0.799. The number of nitrogens with zero attached hydrogens (tertiary/aromatic N) is 2. The van der Waals surface area contributed by atoms with E-state index in [-0.39, 0.29) is 0 Å². The van der Waals surface area contributed by atoms with Gasteiger partial charge in [-0.1, -0.05) is 250 Å². The summed E-state index contributed by atoms with van der Waals surface area (Å²) >= 11 is 0. The van der Waals surface area contributed by atoms with Gasteiger partial charge in [-0.3, -0.25) is 0 Å². The lowest BCUT2D eigenvalue weighted by Gasteiger charge is -2.36. The molecule has 0 atom stereocenters. The third-order valence-electron chi connectivity index (χ3n) is 17.9. The van der Waals surface area contributed by atoms with Crippen LogP contribution in [0.25, 0.3) is 88.0 Å². The summed E-state index contributed by atoms with van der Waals surface area (Å²) in [6.45, 7) is 4.45. The molecule has 85 heavy (non-hydrogen) atoms. The molecular formula is C81H58N2O2. The Morgan fingerprint density at radius 1 is 0.282 bits per heavy atom. The molecule has 2 heterocycles. The summed E-state index contributed by atoms with van der Waals surface area (Å²) in [6, 6.07) is 106. The Balaban J connectivity index is 0.964. The summed E-state index contributed by atoms with van der Waals surface area (Å²) in [4.78, 5) is 4.84. The lowest BCUT2D eigenvalue weighted by atomic mass is 9.67. The molecule has 0 N–H and O–H groups in total. The first-order valence-corrected chi connectivity index (χ1v) is 29.7. The standard InChI is InChI=1S/C81H58N2O2/c1-3-53-27-17-19-37-60(53)64-41-23-43-66-68-45-25-47-73(79(68)84-77(64)66)82(57-33-13-7-14-34-57)59-49-50-70-71(51-59)81(55-29-9-5-10-30-55,56-31-11-6-12-32-56)72-52-75(62-39-21-22-40-63(62)76(70)72)83(58-35-15-8-16-36-58)74-48-26-46-69-67-44-24-42-65(78(67)85-80(69)74)61-38-20-18-28-54(61)4-2/h5-52H,3-4H2,1-2H3. The number of fused-ring (bicyclic) bond motifs is 11. The number of anilines is 6. The van der Waals surface area contributed by atoms with Crippen LogP contribution in [0.1, 0.15) is 47.2 Å². The molecular weight excluding hydrogens is 1030 g/mol. The summed E-state index contributed by atoms with van der Waals surface area (Å²) in [5.74, 6) is 0. The zero-order chi connectivity index (χ0) is 56.6. The summed E-state index contributed by atoms with van der Waals surface area (Å²) in [7, 11) is 0. The van der Waals surface area contributed by atoms with Gasteiger partial charge in [0.15, 0.2) is 11.2 Å². The van der Waals surface area contributed by atoms with Crippen molar-refractivity contribution >= 4 is 88.8 Å². The van der Waals surface area contributed by atoms with Gasteiger partial charge in [0.1, 0.15) is 11.2 Å². The molecule has 4 nitrogen and oxygen atoms in total. The van der Waals surface area contributed by atoms with E-state index in [0.29, 0.717) is 0 Å². The van der Waals surface area contributed by atoms with Crippen LogP contribution < -0.4 is 9.80 Å². The van der Waals surface area contributed by atoms with Crippen molar-refractivity contribution in [3.05, 3.63) is 325 Å². The Kier molecular flexibility index (Phi) is 12.0. The molecule has 0 spiro atoms. The van der Waals surface area contributed by atoms with Gasteiger partial charge in [0.05, 0.1) is 22.5 Å². The molecule has 404 valence electrons. The number of furan rings is 2. The number of para-hydroxylation sites is 6. The highest BCUT2D eigenvalue weighted by molar-refractivity contribution is 6.17. The average molecular weight is 1090 g/mol. The Morgan fingerprint density at radius 2 is 0.694 bits per heavy atom. The lowest BCUT2D eigenvalue weighted by Crippen LogP contribution is -2.29. The van der Waals surface area contributed by atoms with E-state index in [1.165, 1.54) is 61.0 Å². The second-order valence-corrected chi connectivity index (χ2v) is 22.3. The first-order chi connectivity index (χ1) is 42.1. The van der Waals surface area contributed by atoms with Crippen molar-refractivity contribution in [1.82, 2.24) is 0 Å². The van der Waals surface area contributed by atoms with Gasteiger partial charge in [-0.25, -0.2) is 0 Å². The monoisotopic (exact) mass is 1090 g/mol. The van der Waals surface area contributed by atoms with Crippen molar-refractivity contribution in [3.8, 4) is 33.4 Å². The van der Waals surface area contributed by atoms with E-state index in [4.69, 9.17) is 8.83 Å². The van der Waals surface area contributed by atoms with Crippen LogP contribution in [0.15, 0.2) is 300 Å². The fourth-order valence-corrected chi connectivity index (χ4v) is 14.2. The zero-order valence-corrected chi connectivity index (χ0v) is 47.3. The molecule has 2 aromatic heterocycles. The summed E-state index contributed by atoms with van der Waals surface area (Å²) < 4.78 is 14.7. The van der Waals surface area contributed by atoms with Crippen molar-refractivity contribution in [2.45, 2.75) is 32.1 Å². The molecule has 0 bridgehead atoms. The molecule has 16 rings (SSSR count). The van der Waals surface area contributed by atoms with Crippen molar-refractivity contribution in [2.24, 2.45) is 0 Å². The first-order valence-electron chi connectivity index (χ1n) is 29.7. The van der Waals surface area contributed by atoms with Crippen LogP contribution in [0.4, 0.5) is 34.1 Å². The van der Waals surface area contributed by atoms with Gasteiger partial charge >= 0.3 is 0 Å². The number of aryl methyl sites for hydroxylation is 2. The normalized spacial score (nSPS) is 12.5. The molecule has 13 aromatic carbocycles. The van der Waals surface area contributed by atoms with Crippen LogP contribution in [0.5, 0.6) is 0 Å². The van der Waals surface area contributed by atoms with Crippen molar-refractivity contribution in [3.63, 3.8) is 0 Å². The highest BCUT2D eigenvalue weighted by Gasteiger charge is 2.48. The van der Waals surface area contributed by atoms with E-state index in [9.17, 15) is 0 Å². The quantitative estimate of drug-likeness (QED) is 0.122. The van der Waals surface area contributed by atoms with Gasteiger partial charge in [-0.15, -0.1) is 0 Å². The molecule has 1 aliphatic carbocycles.